The summed E-state index contributed by atoms with van der Waals surface area (Å²) in [5, 5.41) is 12.5. The fourth-order valence-corrected chi connectivity index (χ4v) is 3.66. The second kappa shape index (κ2) is 4.53. The SMILES string of the molecule is CC1CC(O)(Cc2cc(Br)cs2)CCO1. The number of thiophene rings is 1. The van der Waals surface area contributed by atoms with E-state index in [4.69, 9.17) is 4.74 Å². The maximum Gasteiger partial charge on any atom is 0.0742 e. The first-order valence-electron chi connectivity index (χ1n) is 5.14. The highest BCUT2D eigenvalue weighted by molar-refractivity contribution is 9.10. The lowest BCUT2D eigenvalue weighted by molar-refractivity contribution is -0.0957. The largest absolute Gasteiger partial charge is 0.389 e. The van der Waals surface area contributed by atoms with Crippen molar-refractivity contribution in [1.82, 2.24) is 0 Å². The summed E-state index contributed by atoms with van der Waals surface area (Å²) in [5.41, 5.74) is -0.567. The minimum Gasteiger partial charge on any atom is -0.389 e. The lowest BCUT2D eigenvalue weighted by atomic mass is 9.87. The normalized spacial score (nSPS) is 31.8. The topological polar surface area (TPSA) is 29.5 Å². The van der Waals surface area contributed by atoms with Gasteiger partial charge in [0.2, 0.25) is 0 Å². The molecule has 0 radical (unpaired) electrons. The molecular formula is C11H15BrO2S. The molecule has 2 atom stereocenters. The third-order valence-electron chi connectivity index (χ3n) is 2.76. The van der Waals surface area contributed by atoms with Crippen LogP contribution in [-0.2, 0) is 11.2 Å². The van der Waals surface area contributed by atoms with Crippen LogP contribution in [0.4, 0.5) is 0 Å². The second-order valence-electron chi connectivity index (χ2n) is 4.27. The van der Waals surface area contributed by atoms with Crippen LogP contribution >= 0.6 is 27.3 Å². The first-order valence-corrected chi connectivity index (χ1v) is 6.82. The van der Waals surface area contributed by atoms with Gasteiger partial charge in [-0.05, 0) is 35.3 Å². The first-order chi connectivity index (χ1) is 7.07. The fraction of sp³-hybridized carbons (Fsp3) is 0.636. The Labute approximate surface area is 102 Å². The van der Waals surface area contributed by atoms with Crippen LogP contribution in [0.5, 0.6) is 0 Å². The van der Waals surface area contributed by atoms with Crippen molar-refractivity contribution in [3.8, 4) is 0 Å². The summed E-state index contributed by atoms with van der Waals surface area (Å²) in [4.78, 5) is 1.23. The number of hydrogen-bond donors (Lipinski definition) is 1. The van der Waals surface area contributed by atoms with Crippen LogP contribution in [-0.4, -0.2) is 23.4 Å². The zero-order valence-corrected chi connectivity index (χ0v) is 11.1. The summed E-state index contributed by atoms with van der Waals surface area (Å²) in [5.74, 6) is 0. The molecule has 1 N–H and O–H groups in total. The van der Waals surface area contributed by atoms with Crippen LogP contribution in [0.15, 0.2) is 15.9 Å². The molecule has 0 spiro atoms. The van der Waals surface area contributed by atoms with E-state index in [2.05, 4.69) is 27.4 Å². The minimum atomic E-state index is -0.567. The van der Waals surface area contributed by atoms with Gasteiger partial charge in [0.05, 0.1) is 11.7 Å². The summed E-state index contributed by atoms with van der Waals surface area (Å²) in [6.07, 6.45) is 2.40. The molecule has 0 saturated carbocycles. The molecule has 4 heteroatoms. The van der Waals surface area contributed by atoms with Crippen LogP contribution < -0.4 is 0 Å². The van der Waals surface area contributed by atoms with Crippen LogP contribution in [0.1, 0.15) is 24.6 Å². The number of ether oxygens (including phenoxy) is 1. The van der Waals surface area contributed by atoms with Crippen LogP contribution in [0.25, 0.3) is 0 Å². The average molecular weight is 291 g/mol. The Morgan fingerprint density at radius 2 is 2.53 bits per heavy atom. The standard InChI is InChI=1S/C11H15BrO2S/c1-8-5-11(13,2-3-14-8)6-10-4-9(12)7-15-10/h4,7-8,13H,2-3,5-6H2,1H3. The minimum absolute atomic E-state index is 0.173. The third-order valence-corrected chi connectivity index (χ3v) is 4.46. The average Bonchev–Trinajstić information content (AvgIpc) is 2.49. The van der Waals surface area contributed by atoms with Crippen LogP contribution in [0.2, 0.25) is 0 Å². The van der Waals surface area contributed by atoms with Gasteiger partial charge in [-0.1, -0.05) is 0 Å². The van der Waals surface area contributed by atoms with Gasteiger partial charge in [-0.2, -0.15) is 0 Å². The zero-order chi connectivity index (χ0) is 10.9. The van der Waals surface area contributed by atoms with Crippen molar-refractivity contribution in [1.29, 1.82) is 0 Å². The molecule has 1 fully saturated rings. The van der Waals surface area contributed by atoms with Gasteiger partial charge >= 0.3 is 0 Å². The molecular weight excluding hydrogens is 276 g/mol. The highest BCUT2D eigenvalue weighted by Crippen LogP contribution is 2.31. The summed E-state index contributed by atoms with van der Waals surface area (Å²) < 4.78 is 6.55. The van der Waals surface area contributed by atoms with Gasteiger partial charge in [0, 0.05) is 34.2 Å². The van der Waals surface area contributed by atoms with E-state index in [1.54, 1.807) is 11.3 Å². The first kappa shape index (κ1) is 11.6. The predicted molar refractivity (Wildman–Crippen MR) is 65.3 cm³/mol. The highest BCUT2D eigenvalue weighted by atomic mass is 79.9. The van der Waals surface area contributed by atoms with Gasteiger partial charge in [0.25, 0.3) is 0 Å². The van der Waals surface area contributed by atoms with Gasteiger partial charge < -0.3 is 9.84 Å². The quantitative estimate of drug-likeness (QED) is 0.907. The summed E-state index contributed by atoms with van der Waals surface area (Å²) >= 11 is 5.13. The lowest BCUT2D eigenvalue weighted by Crippen LogP contribution is -2.41. The summed E-state index contributed by atoms with van der Waals surface area (Å²) in [6, 6.07) is 2.09. The third kappa shape index (κ3) is 3.03. The molecule has 0 bridgehead atoms. The Balaban J connectivity index is 2.03. The highest BCUT2D eigenvalue weighted by Gasteiger charge is 2.33. The molecule has 84 valence electrons. The Bertz CT molecular complexity index is 339. The maximum absolute atomic E-state index is 10.4. The van der Waals surface area contributed by atoms with E-state index in [-0.39, 0.29) is 6.10 Å². The molecule has 2 unspecified atom stereocenters. The molecule has 1 aliphatic rings. The van der Waals surface area contributed by atoms with Crippen molar-refractivity contribution in [2.24, 2.45) is 0 Å². The van der Waals surface area contributed by atoms with Gasteiger partial charge in [-0.3, -0.25) is 0 Å². The van der Waals surface area contributed by atoms with Crippen molar-refractivity contribution in [2.75, 3.05) is 6.61 Å². The molecule has 1 aromatic heterocycles. The molecule has 1 aromatic rings. The van der Waals surface area contributed by atoms with E-state index < -0.39 is 5.60 Å². The molecule has 1 saturated heterocycles. The van der Waals surface area contributed by atoms with Crippen molar-refractivity contribution in [3.05, 3.63) is 20.8 Å². The van der Waals surface area contributed by atoms with E-state index in [1.807, 2.05) is 6.92 Å². The molecule has 1 aliphatic heterocycles. The monoisotopic (exact) mass is 290 g/mol. The number of aliphatic hydroxyl groups is 1. The van der Waals surface area contributed by atoms with Crippen LogP contribution in [0, 0.1) is 0 Å². The smallest absolute Gasteiger partial charge is 0.0742 e. The molecule has 2 rings (SSSR count). The van der Waals surface area contributed by atoms with Crippen molar-refractivity contribution in [2.45, 2.75) is 37.9 Å². The van der Waals surface area contributed by atoms with Crippen molar-refractivity contribution >= 4 is 27.3 Å². The molecule has 0 amide bonds. The lowest BCUT2D eigenvalue weighted by Gasteiger charge is -2.35. The van der Waals surface area contributed by atoms with Crippen molar-refractivity contribution in [3.63, 3.8) is 0 Å². The summed E-state index contributed by atoms with van der Waals surface area (Å²) in [6.45, 7) is 2.69. The van der Waals surface area contributed by atoms with Crippen molar-refractivity contribution < 1.29 is 9.84 Å². The maximum atomic E-state index is 10.4. The van der Waals surface area contributed by atoms with E-state index >= 15 is 0 Å². The summed E-state index contributed by atoms with van der Waals surface area (Å²) in [7, 11) is 0. The van der Waals surface area contributed by atoms with E-state index in [1.165, 1.54) is 4.88 Å². The fourth-order valence-electron chi connectivity index (χ4n) is 2.08. The van der Waals surface area contributed by atoms with Gasteiger partial charge in [-0.15, -0.1) is 11.3 Å². The van der Waals surface area contributed by atoms with Gasteiger partial charge in [0.15, 0.2) is 0 Å². The molecule has 2 nitrogen and oxygen atoms in total. The Kier molecular flexibility index (Phi) is 3.50. The predicted octanol–water partition coefficient (Wildman–Crippen LogP) is 2.98. The Morgan fingerprint density at radius 3 is 3.13 bits per heavy atom. The van der Waals surface area contributed by atoms with E-state index in [0.29, 0.717) is 6.61 Å². The van der Waals surface area contributed by atoms with Crippen LogP contribution in [0.3, 0.4) is 0 Å². The Morgan fingerprint density at radius 1 is 1.73 bits per heavy atom. The molecule has 0 aliphatic carbocycles. The number of hydrogen-bond acceptors (Lipinski definition) is 3. The van der Waals surface area contributed by atoms with E-state index in [9.17, 15) is 5.11 Å². The van der Waals surface area contributed by atoms with Gasteiger partial charge in [-0.25, -0.2) is 0 Å². The zero-order valence-electron chi connectivity index (χ0n) is 8.70. The Hall–Kier alpha value is 0.1000. The molecule has 0 aromatic carbocycles. The number of rotatable bonds is 2. The molecule has 2 heterocycles. The van der Waals surface area contributed by atoms with E-state index in [0.717, 1.165) is 23.7 Å². The molecule has 15 heavy (non-hydrogen) atoms. The number of halogens is 1. The second-order valence-corrected chi connectivity index (χ2v) is 6.18. The van der Waals surface area contributed by atoms with Gasteiger partial charge in [0.1, 0.15) is 0 Å².